The Morgan fingerprint density at radius 3 is 2.63 bits per heavy atom. The average molecular weight is 431 g/mol. The van der Waals surface area contributed by atoms with Crippen LogP contribution in [-0.2, 0) is 26.6 Å². The van der Waals surface area contributed by atoms with Crippen LogP contribution in [-0.4, -0.2) is 39.9 Å². The van der Waals surface area contributed by atoms with Crippen LogP contribution in [0.3, 0.4) is 0 Å². The fraction of sp³-hybridized carbons (Fsp3) is 0.318. The number of carbonyl (C=O) groups excluding carboxylic acids is 1. The van der Waals surface area contributed by atoms with Crippen LogP contribution in [0.5, 0.6) is 0 Å². The van der Waals surface area contributed by atoms with E-state index in [1.807, 2.05) is 6.92 Å². The average Bonchev–Trinajstić information content (AvgIpc) is 3.07. The highest BCUT2D eigenvalue weighted by atomic mass is 32.2. The number of furan rings is 1. The monoisotopic (exact) mass is 430 g/mol. The van der Waals surface area contributed by atoms with Crippen molar-refractivity contribution in [3.8, 4) is 0 Å². The minimum absolute atomic E-state index is 0.0331. The number of hydrogen-bond acceptors (Lipinski definition) is 5. The van der Waals surface area contributed by atoms with Gasteiger partial charge in [0, 0.05) is 37.7 Å². The van der Waals surface area contributed by atoms with E-state index >= 15 is 0 Å². The third kappa shape index (κ3) is 3.40. The summed E-state index contributed by atoms with van der Waals surface area (Å²) in [5, 5.41) is 4.20. The number of carbonyl (C=O) groups is 1. The lowest BCUT2D eigenvalue weighted by molar-refractivity contribution is -0.130. The van der Waals surface area contributed by atoms with Crippen molar-refractivity contribution in [2.45, 2.75) is 35.1 Å². The van der Waals surface area contributed by atoms with Crippen LogP contribution >= 0.6 is 0 Å². The SMILES string of the molecule is CN(C)C(=O)CC1(C)NCCc2c1oc1cc(S(=O)(=O)c3cccc(F)c3)ccc21. The Morgan fingerprint density at radius 2 is 1.93 bits per heavy atom. The molecule has 0 aliphatic carbocycles. The highest BCUT2D eigenvalue weighted by molar-refractivity contribution is 7.91. The number of benzene rings is 2. The van der Waals surface area contributed by atoms with Gasteiger partial charge in [-0.25, -0.2) is 12.8 Å². The molecule has 1 atom stereocenters. The molecule has 6 nitrogen and oxygen atoms in total. The molecule has 1 amide bonds. The summed E-state index contributed by atoms with van der Waals surface area (Å²) in [5.74, 6) is 0.00458. The number of nitrogens with zero attached hydrogens (tertiary/aromatic N) is 1. The molecular weight excluding hydrogens is 407 g/mol. The molecule has 3 aromatic rings. The molecule has 0 bridgehead atoms. The lowest BCUT2D eigenvalue weighted by Crippen LogP contribution is -2.47. The Labute approximate surface area is 174 Å². The fourth-order valence-corrected chi connectivity index (χ4v) is 5.22. The van der Waals surface area contributed by atoms with E-state index in [1.165, 1.54) is 35.2 Å². The molecule has 1 aliphatic rings. The van der Waals surface area contributed by atoms with Crippen LogP contribution in [0.25, 0.3) is 11.0 Å². The molecule has 1 aliphatic heterocycles. The van der Waals surface area contributed by atoms with Crippen LogP contribution in [0, 0.1) is 5.82 Å². The number of nitrogens with one attached hydrogen (secondary N) is 1. The summed E-state index contributed by atoms with van der Waals surface area (Å²) >= 11 is 0. The van der Waals surface area contributed by atoms with E-state index in [1.54, 1.807) is 20.2 Å². The molecule has 8 heteroatoms. The van der Waals surface area contributed by atoms with Crippen molar-refractivity contribution in [2.75, 3.05) is 20.6 Å². The summed E-state index contributed by atoms with van der Waals surface area (Å²) in [5.41, 5.74) is 0.729. The molecule has 4 rings (SSSR count). The van der Waals surface area contributed by atoms with Gasteiger partial charge in [0.1, 0.15) is 17.2 Å². The maximum absolute atomic E-state index is 13.5. The molecule has 0 saturated heterocycles. The summed E-state index contributed by atoms with van der Waals surface area (Å²) in [6, 6.07) is 9.65. The number of amides is 1. The van der Waals surface area contributed by atoms with Gasteiger partial charge in [0.25, 0.3) is 0 Å². The number of rotatable bonds is 4. The summed E-state index contributed by atoms with van der Waals surface area (Å²) in [6.07, 6.45) is 0.936. The van der Waals surface area contributed by atoms with E-state index in [2.05, 4.69) is 5.32 Å². The van der Waals surface area contributed by atoms with Gasteiger partial charge in [0.2, 0.25) is 15.7 Å². The van der Waals surface area contributed by atoms with Crippen molar-refractivity contribution in [3.63, 3.8) is 0 Å². The molecule has 0 spiro atoms. The van der Waals surface area contributed by atoms with Crippen molar-refractivity contribution < 1.29 is 22.0 Å². The van der Waals surface area contributed by atoms with E-state index in [4.69, 9.17) is 4.42 Å². The van der Waals surface area contributed by atoms with Gasteiger partial charge in [0.15, 0.2) is 0 Å². The van der Waals surface area contributed by atoms with Crippen molar-refractivity contribution in [1.82, 2.24) is 10.2 Å². The molecule has 1 N–H and O–H groups in total. The summed E-state index contributed by atoms with van der Waals surface area (Å²) in [4.78, 5) is 13.8. The molecule has 2 aromatic carbocycles. The van der Waals surface area contributed by atoms with E-state index in [-0.39, 0.29) is 22.1 Å². The molecular formula is C22H23FN2O4S. The zero-order valence-electron chi connectivity index (χ0n) is 17.0. The molecule has 1 unspecified atom stereocenters. The maximum Gasteiger partial charge on any atom is 0.224 e. The van der Waals surface area contributed by atoms with Crippen molar-refractivity contribution in [3.05, 3.63) is 59.6 Å². The molecule has 30 heavy (non-hydrogen) atoms. The van der Waals surface area contributed by atoms with Crippen LogP contribution in [0.15, 0.2) is 56.7 Å². The van der Waals surface area contributed by atoms with Gasteiger partial charge in [-0.2, -0.15) is 0 Å². The van der Waals surface area contributed by atoms with E-state index < -0.39 is 21.2 Å². The summed E-state index contributed by atoms with van der Waals surface area (Å²) in [7, 11) is -0.478. The second kappa shape index (κ2) is 7.21. The van der Waals surface area contributed by atoms with Gasteiger partial charge in [0.05, 0.1) is 21.8 Å². The van der Waals surface area contributed by atoms with Gasteiger partial charge in [-0.15, -0.1) is 0 Å². The predicted molar refractivity (Wildman–Crippen MR) is 110 cm³/mol. The zero-order chi connectivity index (χ0) is 21.7. The van der Waals surface area contributed by atoms with Gasteiger partial charge in [-0.3, -0.25) is 4.79 Å². The fourth-order valence-electron chi connectivity index (χ4n) is 3.91. The predicted octanol–water partition coefficient (Wildman–Crippen LogP) is 3.24. The molecule has 0 fully saturated rings. The van der Waals surface area contributed by atoms with Crippen LogP contribution in [0.1, 0.15) is 24.7 Å². The Morgan fingerprint density at radius 1 is 1.20 bits per heavy atom. The zero-order valence-corrected chi connectivity index (χ0v) is 17.8. The largest absolute Gasteiger partial charge is 0.459 e. The second-order valence-corrected chi connectivity index (χ2v) is 9.95. The molecule has 158 valence electrons. The summed E-state index contributed by atoms with van der Waals surface area (Å²) < 4.78 is 45.6. The minimum atomic E-state index is -3.89. The molecule has 0 radical (unpaired) electrons. The lowest BCUT2D eigenvalue weighted by atomic mass is 9.86. The van der Waals surface area contributed by atoms with E-state index in [0.29, 0.717) is 24.3 Å². The Bertz CT molecular complexity index is 1250. The first kappa shape index (κ1) is 20.6. The Balaban J connectivity index is 1.80. The van der Waals surface area contributed by atoms with E-state index in [9.17, 15) is 17.6 Å². The van der Waals surface area contributed by atoms with Crippen LogP contribution in [0.2, 0.25) is 0 Å². The third-order valence-corrected chi connectivity index (χ3v) is 7.32. The third-order valence-electron chi connectivity index (χ3n) is 5.58. The topological polar surface area (TPSA) is 79.6 Å². The maximum atomic E-state index is 13.5. The summed E-state index contributed by atoms with van der Waals surface area (Å²) in [6.45, 7) is 2.60. The number of hydrogen-bond donors (Lipinski definition) is 1. The molecule has 2 heterocycles. The van der Waals surface area contributed by atoms with Gasteiger partial charge < -0.3 is 14.6 Å². The Hall–Kier alpha value is -2.71. The van der Waals surface area contributed by atoms with Crippen molar-refractivity contribution >= 4 is 26.7 Å². The van der Waals surface area contributed by atoms with Gasteiger partial charge in [-0.05, 0) is 43.7 Å². The Kier molecular flexibility index (Phi) is 4.94. The van der Waals surface area contributed by atoms with Crippen molar-refractivity contribution in [2.24, 2.45) is 0 Å². The highest BCUT2D eigenvalue weighted by Crippen LogP contribution is 2.39. The van der Waals surface area contributed by atoms with Crippen LogP contribution in [0.4, 0.5) is 4.39 Å². The second-order valence-electron chi connectivity index (χ2n) is 8.00. The smallest absolute Gasteiger partial charge is 0.224 e. The van der Waals surface area contributed by atoms with Gasteiger partial charge >= 0.3 is 0 Å². The molecule has 0 saturated carbocycles. The lowest BCUT2D eigenvalue weighted by Gasteiger charge is -2.34. The number of fused-ring (bicyclic) bond motifs is 3. The normalized spacial score (nSPS) is 18.9. The highest BCUT2D eigenvalue weighted by Gasteiger charge is 2.39. The number of sulfone groups is 1. The molecule has 1 aromatic heterocycles. The first-order chi connectivity index (χ1) is 14.1. The quantitative estimate of drug-likeness (QED) is 0.687. The first-order valence-electron chi connectivity index (χ1n) is 9.63. The number of halogens is 1. The standard InChI is InChI=1S/C22H23FN2O4S/c1-22(13-20(26)25(2)3)21-18(9-10-24-22)17-8-7-16(12-19(17)29-21)30(27,28)15-6-4-5-14(23)11-15/h4-8,11-12,24H,9-10,13H2,1-3H3. The van der Waals surface area contributed by atoms with Crippen molar-refractivity contribution in [1.29, 1.82) is 0 Å². The first-order valence-corrected chi connectivity index (χ1v) is 11.1. The van der Waals surface area contributed by atoms with Crippen LogP contribution < -0.4 is 5.32 Å². The van der Waals surface area contributed by atoms with E-state index in [0.717, 1.165) is 17.0 Å². The minimum Gasteiger partial charge on any atom is -0.459 e. The van der Waals surface area contributed by atoms with Gasteiger partial charge in [-0.1, -0.05) is 6.07 Å².